The van der Waals surface area contributed by atoms with Crippen molar-refractivity contribution in [2.45, 2.75) is 26.7 Å². The molecule has 0 N–H and O–H groups in total. The van der Waals surface area contributed by atoms with Crippen LogP contribution in [0.5, 0.6) is 0 Å². The van der Waals surface area contributed by atoms with Gasteiger partial charge in [0.1, 0.15) is 0 Å². The maximum atomic E-state index is 4.31. The Hall–Kier alpha value is -4.94. The van der Waals surface area contributed by atoms with Gasteiger partial charge in [-0.05, 0) is 90.0 Å². The van der Waals surface area contributed by atoms with Gasteiger partial charge in [-0.3, -0.25) is 0 Å². The molecule has 0 amide bonds. The van der Waals surface area contributed by atoms with Crippen molar-refractivity contribution in [2.24, 2.45) is 0 Å². The molecule has 1 aliphatic carbocycles. The molecule has 0 spiro atoms. The van der Waals surface area contributed by atoms with Gasteiger partial charge in [0.05, 0.1) is 0 Å². The first kappa shape index (κ1) is 27.2. The van der Waals surface area contributed by atoms with E-state index in [1.807, 2.05) is 26.0 Å². The Morgan fingerprint density at radius 1 is 0.500 bits per heavy atom. The first-order chi connectivity index (χ1) is 20.8. The Balaban J connectivity index is 0.00000155. The second kappa shape index (κ2) is 11.9. The van der Waals surface area contributed by atoms with Gasteiger partial charge < -0.3 is 0 Å². The summed E-state index contributed by atoms with van der Waals surface area (Å²) >= 11 is 0. The lowest BCUT2D eigenvalue weighted by molar-refractivity contribution is 1.00. The van der Waals surface area contributed by atoms with Crippen molar-refractivity contribution >= 4 is 45.3 Å². The number of fused-ring (bicyclic) bond motifs is 3. The van der Waals surface area contributed by atoms with Gasteiger partial charge in [0.15, 0.2) is 0 Å². The minimum Gasteiger partial charge on any atom is -0.0984 e. The second-order valence-corrected chi connectivity index (χ2v) is 10.5. The summed E-state index contributed by atoms with van der Waals surface area (Å²) in [6.45, 7) is 12.6. The zero-order valence-corrected chi connectivity index (χ0v) is 24.5. The third-order valence-corrected chi connectivity index (χ3v) is 8.35. The first-order valence-electron chi connectivity index (χ1n) is 15.0. The number of allylic oxidation sites excluding steroid dienone is 1. The SMILES string of the molecule is C=Cc1c(C2=Cc3ccccc3CC2)ccc(-c2c3ccccc3c(-c3ccccc3)c3ccccc23)c1C=C.CC. The van der Waals surface area contributed by atoms with E-state index < -0.39 is 0 Å². The lowest BCUT2D eigenvalue weighted by Gasteiger charge is -2.23. The lowest BCUT2D eigenvalue weighted by Crippen LogP contribution is -2.02. The van der Waals surface area contributed by atoms with E-state index in [-0.39, 0.29) is 0 Å². The third-order valence-electron chi connectivity index (χ3n) is 8.35. The van der Waals surface area contributed by atoms with Crippen LogP contribution in [0, 0.1) is 0 Å². The van der Waals surface area contributed by atoms with Gasteiger partial charge in [0, 0.05) is 0 Å². The van der Waals surface area contributed by atoms with Gasteiger partial charge in [0.2, 0.25) is 0 Å². The molecular formula is C42H36. The minimum absolute atomic E-state index is 1.02. The summed E-state index contributed by atoms with van der Waals surface area (Å²) < 4.78 is 0. The fourth-order valence-electron chi connectivity index (χ4n) is 6.55. The number of hydrogen-bond acceptors (Lipinski definition) is 0. The molecular weight excluding hydrogens is 504 g/mol. The van der Waals surface area contributed by atoms with E-state index in [1.54, 1.807) is 0 Å². The molecule has 1 aliphatic rings. The predicted molar refractivity (Wildman–Crippen MR) is 186 cm³/mol. The molecule has 0 radical (unpaired) electrons. The van der Waals surface area contributed by atoms with Crippen molar-refractivity contribution < 1.29 is 0 Å². The van der Waals surface area contributed by atoms with Crippen LogP contribution in [0.4, 0.5) is 0 Å². The summed E-state index contributed by atoms with van der Waals surface area (Å²) in [4.78, 5) is 0. The Morgan fingerprint density at radius 3 is 1.62 bits per heavy atom. The molecule has 7 rings (SSSR count). The molecule has 204 valence electrons. The Labute approximate surface area is 250 Å². The molecule has 6 aromatic carbocycles. The lowest BCUT2D eigenvalue weighted by atomic mass is 9.81. The number of rotatable bonds is 5. The topological polar surface area (TPSA) is 0 Å². The first-order valence-corrected chi connectivity index (χ1v) is 15.0. The van der Waals surface area contributed by atoms with Crippen LogP contribution in [0.2, 0.25) is 0 Å². The molecule has 0 saturated heterocycles. The molecule has 0 heterocycles. The average Bonchev–Trinajstić information content (AvgIpc) is 3.07. The van der Waals surface area contributed by atoms with E-state index in [0.29, 0.717) is 0 Å². The molecule has 0 saturated carbocycles. The zero-order valence-electron chi connectivity index (χ0n) is 24.5. The molecule has 0 atom stereocenters. The number of benzene rings is 6. The average molecular weight is 541 g/mol. The van der Waals surface area contributed by atoms with Crippen LogP contribution in [0.3, 0.4) is 0 Å². The van der Waals surface area contributed by atoms with E-state index >= 15 is 0 Å². The summed E-state index contributed by atoms with van der Waals surface area (Å²) in [7, 11) is 0. The zero-order chi connectivity index (χ0) is 29.1. The van der Waals surface area contributed by atoms with Crippen LogP contribution >= 0.6 is 0 Å². The standard InChI is InChI=1S/C40H30.C2H6/c1-3-31-32(4-2)38(25-24-33(31)30-23-22-27-14-8-9-17-29(27)26-30)40-36-20-12-10-18-34(36)39(28-15-6-5-7-16-28)35-19-11-13-21-37(35)40;1-2/h3-21,24-26H,1-2,22-23H2;1-2H3. The third kappa shape index (κ3) is 4.60. The van der Waals surface area contributed by atoms with E-state index in [9.17, 15) is 0 Å². The van der Waals surface area contributed by atoms with Crippen molar-refractivity contribution in [3.8, 4) is 22.3 Å². The Morgan fingerprint density at radius 2 is 1.00 bits per heavy atom. The van der Waals surface area contributed by atoms with Crippen molar-refractivity contribution in [2.75, 3.05) is 0 Å². The van der Waals surface area contributed by atoms with Gasteiger partial charge in [-0.25, -0.2) is 0 Å². The molecule has 0 bridgehead atoms. The maximum absolute atomic E-state index is 4.31. The van der Waals surface area contributed by atoms with Gasteiger partial charge in [-0.15, -0.1) is 0 Å². The molecule has 0 unspecified atom stereocenters. The molecule has 0 heteroatoms. The van der Waals surface area contributed by atoms with Crippen molar-refractivity contribution in [1.82, 2.24) is 0 Å². The van der Waals surface area contributed by atoms with E-state index in [0.717, 1.165) is 24.0 Å². The quantitative estimate of drug-likeness (QED) is 0.191. The molecule has 42 heavy (non-hydrogen) atoms. The molecule has 6 aromatic rings. The fraction of sp³-hybridized carbons (Fsp3) is 0.0952. The fourth-order valence-corrected chi connectivity index (χ4v) is 6.55. The largest absolute Gasteiger partial charge is 0.0984 e. The van der Waals surface area contributed by atoms with Crippen LogP contribution in [-0.4, -0.2) is 0 Å². The molecule has 0 aliphatic heterocycles. The summed E-state index contributed by atoms with van der Waals surface area (Å²) in [6.07, 6.45) is 8.46. The smallest absolute Gasteiger partial charge is 0.00201 e. The van der Waals surface area contributed by atoms with E-state index in [4.69, 9.17) is 0 Å². The maximum Gasteiger partial charge on any atom is -0.00201 e. The highest BCUT2D eigenvalue weighted by Gasteiger charge is 2.21. The van der Waals surface area contributed by atoms with Crippen molar-refractivity contribution in [3.63, 3.8) is 0 Å². The van der Waals surface area contributed by atoms with Crippen molar-refractivity contribution in [1.29, 1.82) is 0 Å². The monoisotopic (exact) mass is 540 g/mol. The molecule has 0 fully saturated rings. The highest BCUT2D eigenvalue weighted by Crippen LogP contribution is 2.46. The number of hydrogen-bond donors (Lipinski definition) is 0. The molecule has 0 aromatic heterocycles. The number of aryl methyl sites for hydroxylation is 1. The van der Waals surface area contributed by atoms with Gasteiger partial charge in [-0.1, -0.05) is 160 Å². The second-order valence-electron chi connectivity index (χ2n) is 10.5. The predicted octanol–water partition coefficient (Wildman–Crippen LogP) is 12.1. The van der Waals surface area contributed by atoms with Crippen LogP contribution in [0.1, 0.15) is 48.1 Å². The normalized spacial score (nSPS) is 12.2. The van der Waals surface area contributed by atoms with Crippen LogP contribution in [-0.2, 0) is 6.42 Å². The summed E-state index contributed by atoms with van der Waals surface area (Å²) in [6, 6.07) is 41.7. The van der Waals surface area contributed by atoms with Gasteiger partial charge in [-0.2, -0.15) is 0 Å². The van der Waals surface area contributed by atoms with E-state index in [2.05, 4.69) is 134 Å². The highest BCUT2D eigenvalue weighted by atomic mass is 14.2. The highest BCUT2D eigenvalue weighted by molar-refractivity contribution is 6.22. The van der Waals surface area contributed by atoms with Gasteiger partial charge >= 0.3 is 0 Å². The Bertz CT molecular complexity index is 1910. The summed E-state index contributed by atoms with van der Waals surface area (Å²) in [5, 5.41) is 5.01. The van der Waals surface area contributed by atoms with E-state index in [1.165, 1.54) is 66.1 Å². The van der Waals surface area contributed by atoms with Crippen LogP contribution in [0.25, 0.3) is 67.6 Å². The molecule has 0 nitrogen and oxygen atoms in total. The minimum atomic E-state index is 1.02. The van der Waals surface area contributed by atoms with Crippen molar-refractivity contribution in [3.05, 3.63) is 156 Å². The summed E-state index contributed by atoms with van der Waals surface area (Å²) in [5.74, 6) is 0. The van der Waals surface area contributed by atoms with Gasteiger partial charge in [0.25, 0.3) is 0 Å². The van der Waals surface area contributed by atoms with Crippen LogP contribution < -0.4 is 0 Å². The Kier molecular flexibility index (Phi) is 7.71. The van der Waals surface area contributed by atoms with Crippen LogP contribution in [0.15, 0.2) is 128 Å². The summed E-state index contributed by atoms with van der Waals surface area (Å²) in [5.41, 5.74) is 12.6.